The number of aliphatic hydroxyl groups is 1. The zero-order valence-electron chi connectivity index (χ0n) is 13.7. The van der Waals surface area contributed by atoms with Gasteiger partial charge in [-0.05, 0) is 37.2 Å². The summed E-state index contributed by atoms with van der Waals surface area (Å²) in [7, 11) is 0. The number of benzene rings is 1. The van der Waals surface area contributed by atoms with Crippen molar-refractivity contribution in [3.63, 3.8) is 0 Å². The molecular weight excluding hydrogens is 364 g/mol. The van der Waals surface area contributed by atoms with E-state index in [4.69, 9.17) is 4.42 Å². The molecule has 1 aromatic carbocycles. The maximum absolute atomic E-state index is 13.3. The number of nitrogens with one attached hydrogen (secondary N) is 1. The lowest BCUT2D eigenvalue weighted by atomic mass is 9.95. The number of halogens is 6. The van der Waals surface area contributed by atoms with Crippen LogP contribution in [0.2, 0.25) is 0 Å². The van der Waals surface area contributed by atoms with E-state index in [0.717, 1.165) is 12.1 Å². The van der Waals surface area contributed by atoms with Crippen LogP contribution in [0.1, 0.15) is 29.1 Å². The quantitative estimate of drug-likeness (QED) is 0.571. The summed E-state index contributed by atoms with van der Waals surface area (Å²) < 4.78 is 83.5. The third kappa shape index (κ3) is 4.39. The Labute approximate surface area is 145 Å². The van der Waals surface area contributed by atoms with E-state index in [0.29, 0.717) is 0 Å². The van der Waals surface area contributed by atoms with Gasteiger partial charge in [-0.3, -0.25) is 0 Å². The van der Waals surface area contributed by atoms with E-state index in [1.165, 1.54) is 31.2 Å². The predicted molar refractivity (Wildman–Crippen MR) is 81.2 cm³/mol. The summed E-state index contributed by atoms with van der Waals surface area (Å²) in [4.78, 5) is 0. The third-order valence-electron chi connectivity index (χ3n) is 3.92. The predicted octanol–water partition coefficient (Wildman–Crippen LogP) is 4.54. The molecular formula is C17H17F6NO2. The Morgan fingerprint density at radius 1 is 1.00 bits per heavy atom. The summed E-state index contributed by atoms with van der Waals surface area (Å²) in [6.07, 6.45) is -10.4. The van der Waals surface area contributed by atoms with Gasteiger partial charge in [0.25, 0.3) is 0 Å². The molecule has 0 amide bonds. The van der Waals surface area contributed by atoms with Gasteiger partial charge in [-0.2, -0.15) is 26.3 Å². The van der Waals surface area contributed by atoms with Crippen LogP contribution in [-0.4, -0.2) is 17.8 Å². The topological polar surface area (TPSA) is 45.4 Å². The molecule has 0 aliphatic rings. The summed E-state index contributed by atoms with van der Waals surface area (Å²) >= 11 is 0. The van der Waals surface area contributed by atoms with Crippen LogP contribution in [-0.2, 0) is 18.3 Å². The van der Waals surface area contributed by atoms with Gasteiger partial charge in [0.05, 0.1) is 5.56 Å². The molecule has 0 fully saturated rings. The third-order valence-corrected chi connectivity index (χ3v) is 3.92. The number of hydrogen-bond acceptors (Lipinski definition) is 3. The maximum Gasteiger partial charge on any atom is 0.424 e. The highest BCUT2D eigenvalue weighted by molar-refractivity contribution is 5.29. The Balaban J connectivity index is 2.06. The summed E-state index contributed by atoms with van der Waals surface area (Å²) in [5.74, 6) is -0.449. The Morgan fingerprint density at radius 3 is 2.19 bits per heavy atom. The van der Waals surface area contributed by atoms with Gasteiger partial charge in [0, 0.05) is 13.0 Å². The normalized spacial score (nSPS) is 15.1. The van der Waals surface area contributed by atoms with Crippen molar-refractivity contribution in [2.75, 3.05) is 6.54 Å². The fourth-order valence-electron chi connectivity index (χ4n) is 2.50. The lowest BCUT2D eigenvalue weighted by Crippen LogP contribution is -2.44. The summed E-state index contributed by atoms with van der Waals surface area (Å²) in [6, 6.07) is 7.09. The second kappa shape index (κ2) is 7.32. The highest BCUT2D eigenvalue weighted by Gasteiger charge is 2.56. The van der Waals surface area contributed by atoms with Crippen LogP contribution in [0.15, 0.2) is 40.8 Å². The van der Waals surface area contributed by atoms with E-state index in [9.17, 15) is 31.4 Å². The van der Waals surface area contributed by atoms with Crippen LogP contribution in [0.4, 0.5) is 26.3 Å². The van der Waals surface area contributed by atoms with E-state index < -0.39 is 35.7 Å². The standard InChI is InChI=1S/C17H17F6NO2/c1-11-6-7-14(26-11)15(25,17(21,22)23)8-9-24-10-12-4-2-3-5-13(12)16(18,19)20/h2-7,24-25H,8-10H2,1H3/t15-/m1/s1. The minimum Gasteiger partial charge on any atom is -0.463 e. The molecule has 3 nitrogen and oxygen atoms in total. The zero-order valence-corrected chi connectivity index (χ0v) is 13.7. The van der Waals surface area contributed by atoms with E-state index >= 15 is 0 Å². The summed E-state index contributed by atoms with van der Waals surface area (Å²) in [5, 5.41) is 12.6. The first-order chi connectivity index (χ1) is 11.9. The van der Waals surface area contributed by atoms with Crippen molar-refractivity contribution in [1.82, 2.24) is 5.32 Å². The van der Waals surface area contributed by atoms with Crippen molar-refractivity contribution in [3.05, 3.63) is 59.0 Å². The van der Waals surface area contributed by atoms with Crippen molar-refractivity contribution in [2.24, 2.45) is 0 Å². The molecule has 2 aromatic rings. The molecule has 0 saturated carbocycles. The number of aryl methyl sites for hydroxylation is 1. The van der Waals surface area contributed by atoms with E-state index in [2.05, 4.69) is 5.32 Å². The van der Waals surface area contributed by atoms with Crippen LogP contribution in [0.3, 0.4) is 0 Å². The van der Waals surface area contributed by atoms with Gasteiger partial charge in [0.1, 0.15) is 11.5 Å². The molecule has 1 heterocycles. The monoisotopic (exact) mass is 381 g/mol. The van der Waals surface area contributed by atoms with Crippen LogP contribution in [0.5, 0.6) is 0 Å². The molecule has 2 rings (SSSR count). The average molecular weight is 381 g/mol. The largest absolute Gasteiger partial charge is 0.463 e. The number of alkyl halides is 6. The summed E-state index contributed by atoms with van der Waals surface area (Å²) in [5.41, 5.74) is -4.18. The van der Waals surface area contributed by atoms with Gasteiger partial charge in [0.15, 0.2) is 0 Å². The molecule has 0 saturated heterocycles. The second-order valence-electron chi connectivity index (χ2n) is 5.85. The van der Waals surface area contributed by atoms with Gasteiger partial charge in [-0.25, -0.2) is 0 Å². The molecule has 0 unspecified atom stereocenters. The molecule has 9 heteroatoms. The van der Waals surface area contributed by atoms with E-state index in [-0.39, 0.29) is 24.4 Å². The highest BCUT2D eigenvalue weighted by Crippen LogP contribution is 2.42. The Morgan fingerprint density at radius 2 is 1.65 bits per heavy atom. The number of rotatable bonds is 6. The smallest absolute Gasteiger partial charge is 0.424 e. The van der Waals surface area contributed by atoms with E-state index in [1.54, 1.807) is 0 Å². The second-order valence-corrected chi connectivity index (χ2v) is 5.85. The van der Waals surface area contributed by atoms with Crippen molar-refractivity contribution >= 4 is 0 Å². The van der Waals surface area contributed by atoms with Gasteiger partial charge in [-0.1, -0.05) is 18.2 Å². The van der Waals surface area contributed by atoms with Gasteiger partial charge >= 0.3 is 12.4 Å². The Kier molecular flexibility index (Phi) is 5.72. The number of furan rings is 1. The van der Waals surface area contributed by atoms with Crippen LogP contribution >= 0.6 is 0 Å². The first-order valence-electron chi connectivity index (χ1n) is 7.67. The Hall–Kier alpha value is -2.00. The fourth-order valence-corrected chi connectivity index (χ4v) is 2.50. The molecule has 1 aromatic heterocycles. The maximum atomic E-state index is 13.3. The van der Waals surface area contributed by atoms with Crippen molar-refractivity contribution < 1.29 is 35.9 Å². The molecule has 0 radical (unpaired) electrons. The molecule has 144 valence electrons. The van der Waals surface area contributed by atoms with E-state index in [1.807, 2.05) is 0 Å². The minimum atomic E-state index is -5.00. The van der Waals surface area contributed by atoms with Crippen LogP contribution in [0, 0.1) is 6.92 Å². The zero-order chi connectivity index (χ0) is 19.6. The van der Waals surface area contributed by atoms with Crippen molar-refractivity contribution in [3.8, 4) is 0 Å². The minimum absolute atomic E-state index is 0.0932. The number of hydrogen-bond donors (Lipinski definition) is 2. The van der Waals surface area contributed by atoms with Crippen LogP contribution < -0.4 is 5.32 Å². The fraction of sp³-hybridized carbons (Fsp3) is 0.412. The molecule has 0 aliphatic carbocycles. The molecule has 0 spiro atoms. The summed E-state index contributed by atoms with van der Waals surface area (Å²) in [6.45, 7) is 0.773. The molecule has 0 aliphatic heterocycles. The van der Waals surface area contributed by atoms with Crippen molar-refractivity contribution in [2.45, 2.75) is 37.8 Å². The first kappa shape index (κ1) is 20.3. The molecule has 2 N–H and O–H groups in total. The van der Waals surface area contributed by atoms with Crippen LogP contribution in [0.25, 0.3) is 0 Å². The molecule has 26 heavy (non-hydrogen) atoms. The molecule has 1 atom stereocenters. The highest BCUT2D eigenvalue weighted by atomic mass is 19.4. The van der Waals surface area contributed by atoms with Gasteiger partial charge < -0.3 is 14.8 Å². The lowest BCUT2D eigenvalue weighted by Gasteiger charge is -2.28. The van der Waals surface area contributed by atoms with Gasteiger partial charge in [0.2, 0.25) is 5.60 Å². The van der Waals surface area contributed by atoms with Crippen molar-refractivity contribution in [1.29, 1.82) is 0 Å². The first-order valence-corrected chi connectivity index (χ1v) is 7.67. The molecule has 0 bridgehead atoms. The lowest BCUT2D eigenvalue weighted by molar-refractivity contribution is -0.274. The Bertz CT molecular complexity index is 737. The SMILES string of the molecule is Cc1ccc([C@](O)(CCNCc2ccccc2C(F)(F)F)C(F)(F)F)o1. The average Bonchev–Trinajstić information content (AvgIpc) is 2.96. The van der Waals surface area contributed by atoms with Gasteiger partial charge in [-0.15, -0.1) is 0 Å².